The van der Waals surface area contributed by atoms with Crippen LogP contribution in [-0.2, 0) is 6.42 Å². The zero-order chi connectivity index (χ0) is 15.0. The molecule has 104 valence electrons. The molecule has 0 fully saturated rings. The Balaban J connectivity index is 2.06. The predicted molar refractivity (Wildman–Crippen MR) is 96.0 cm³/mol. The lowest BCUT2D eigenvalue weighted by molar-refractivity contribution is 1.23. The molecule has 0 N–H and O–H groups in total. The van der Waals surface area contributed by atoms with Crippen molar-refractivity contribution in [3.05, 3.63) is 76.3 Å². The number of benzene rings is 2. The maximum Gasteiger partial charge on any atom is 0.154 e. The van der Waals surface area contributed by atoms with Crippen molar-refractivity contribution >= 4 is 35.5 Å². The largest absolute Gasteiger partial charge is 0.154 e. The number of fused-ring (bicyclic) bond motifs is 1. The summed E-state index contributed by atoms with van der Waals surface area (Å²) in [6, 6.07) is 12.8. The van der Waals surface area contributed by atoms with E-state index < -0.39 is 0 Å². The first-order valence-electron chi connectivity index (χ1n) is 7.37. The molecule has 0 saturated heterocycles. The lowest BCUT2D eigenvalue weighted by Gasteiger charge is -2.21. The summed E-state index contributed by atoms with van der Waals surface area (Å²) in [4.78, 5) is 0. The number of hydrogen-bond donors (Lipinski definition) is 0. The number of rotatable bonds is 2. The van der Waals surface area contributed by atoms with Crippen molar-refractivity contribution in [2.45, 2.75) is 20.2 Å². The summed E-state index contributed by atoms with van der Waals surface area (Å²) in [7, 11) is 1.07. The molecule has 0 heterocycles. The lowest BCUT2D eigenvalue weighted by Crippen LogP contribution is -2.12. The van der Waals surface area contributed by atoms with E-state index in [1.807, 2.05) is 12.1 Å². The second-order valence-electron chi connectivity index (χ2n) is 5.64. The molecule has 0 nitrogen and oxygen atoms in total. The predicted octanol–water partition coefficient (Wildman–Crippen LogP) is 4.41. The Bertz CT molecular complexity index is 756. The summed E-state index contributed by atoms with van der Waals surface area (Å²) in [6.07, 6.45) is 3.08. The summed E-state index contributed by atoms with van der Waals surface area (Å²) in [6.45, 7) is 8.57. The highest BCUT2D eigenvalue weighted by Gasteiger charge is 2.18. The molecule has 2 heteroatoms. The number of hydrogen-bond acceptors (Lipinski definition) is 0. The van der Waals surface area contributed by atoms with Gasteiger partial charge in [-0.1, -0.05) is 66.9 Å². The lowest BCUT2D eigenvalue weighted by atomic mass is 9.72. The third kappa shape index (κ3) is 2.58. The van der Waals surface area contributed by atoms with Crippen LogP contribution in [0.25, 0.3) is 11.1 Å². The van der Waals surface area contributed by atoms with Gasteiger partial charge in [0.2, 0.25) is 0 Å². The first-order valence-corrected chi connectivity index (χ1v) is 7.75. The Labute approximate surface area is 132 Å². The summed E-state index contributed by atoms with van der Waals surface area (Å²) in [5.74, 6) is 0. The number of allylic oxidation sites excluding steroid dienone is 3. The van der Waals surface area contributed by atoms with Crippen LogP contribution in [-0.4, -0.2) is 7.28 Å². The van der Waals surface area contributed by atoms with Gasteiger partial charge < -0.3 is 0 Å². The first kappa shape index (κ1) is 14.2. The second-order valence-corrected chi connectivity index (χ2v) is 6.05. The Morgan fingerprint density at radius 3 is 2.67 bits per heavy atom. The van der Waals surface area contributed by atoms with Gasteiger partial charge in [0, 0.05) is 11.4 Å². The molecule has 0 bridgehead atoms. The second kappa shape index (κ2) is 5.58. The Hall–Kier alpha value is -1.73. The highest BCUT2D eigenvalue weighted by atomic mass is 35.5. The van der Waals surface area contributed by atoms with E-state index in [0.29, 0.717) is 0 Å². The van der Waals surface area contributed by atoms with Gasteiger partial charge in [0.25, 0.3) is 0 Å². The molecule has 0 unspecified atom stereocenters. The molecular weight excluding hydrogens is 274 g/mol. The zero-order valence-corrected chi connectivity index (χ0v) is 13.3. The van der Waals surface area contributed by atoms with Gasteiger partial charge in [-0.05, 0) is 46.4 Å². The van der Waals surface area contributed by atoms with Crippen molar-refractivity contribution < 1.29 is 0 Å². The van der Waals surface area contributed by atoms with Crippen LogP contribution in [0, 0.1) is 6.92 Å². The SMILES string of the molecule is C=C1C=C(c2ccc(BC)cc2C)Cc2c(Cl)cccc21. The molecule has 0 aliphatic heterocycles. The van der Waals surface area contributed by atoms with Crippen LogP contribution < -0.4 is 5.46 Å². The fourth-order valence-corrected chi connectivity index (χ4v) is 3.29. The van der Waals surface area contributed by atoms with Crippen molar-refractivity contribution in [2.24, 2.45) is 0 Å². The minimum Gasteiger partial charge on any atom is -0.0911 e. The van der Waals surface area contributed by atoms with E-state index >= 15 is 0 Å². The van der Waals surface area contributed by atoms with Gasteiger partial charge in [-0.25, -0.2) is 0 Å². The van der Waals surface area contributed by atoms with E-state index in [0.717, 1.165) is 24.3 Å². The van der Waals surface area contributed by atoms with Crippen LogP contribution in [0.1, 0.15) is 22.3 Å². The van der Waals surface area contributed by atoms with Crippen LogP contribution in [0.15, 0.2) is 49.1 Å². The van der Waals surface area contributed by atoms with Gasteiger partial charge in [-0.15, -0.1) is 0 Å². The molecule has 21 heavy (non-hydrogen) atoms. The maximum absolute atomic E-state index is 6.38. The Kier molecular flexibility index (Phi) is 3.78. The molecular formula is C19H18BCl. The normalized spacial score (nSPS) is 13.7. The highest BCUT2D eigenvalue weighted by molar-refractivity contribution is 6.51. The summed E-state index contributed by atoms with van der Waals surface area (Å²) in [5.41, 5.74) is 8.73. The van der Waals surface area contributed by atoms with Crippen LogP contribution >= 0.6 is 11.6 Å². The molecule has 0 saturated carbocycles. The van der Waals surface area contributed by atoms with E-state index in [2.05, 4.69) is 50.7 Å². The third-order valence-corrected chi connectivity index (χ3v) is 4.58. The van der Waals surface area contributed by atoms with E-state index in [1.54, 1.807) is 0 Å². The molecule has 0 aromatic heterocycles. The van der Waals surface area contributed by atoms with Crippen molar-refractivity contribution in [2.75, 3.05) is 0 Å². The molecule has 0 atom stereocenters. The van der Waals surface area contributed by atoms with Crippen LogP contribution in [0.4, 0.5) is 0 Å². The van der Waals surface area contributed by atoms with E-state index in [9.17, 15) is 0 Å². The molecule has 1 aliphatic carbocycles. The summed E-state index contributed by atoms with van der Waals surface area (Å²) < 4.78 is 0. The molecule has 2 aromatic rings. The maximum atomic E-state index is 6.38. The fraction of sp³-hybridized carbons (Fsp3) is 0.158. The van der Waals surface area contributed by atoms with Gasteiger partial charge in [-0.3, -0.25) is 0 Å². The summed E-state index contributed by atoms with van der Waals surface area (Å²) >= 11 is 6.38. The molecule has 3 rings (SSSR count). The van der Waals surface area contributed by atoms with E-state index in [1.165, 1.54) is 33.3 Å². The molecule has 0 amide bonds. The van der Waals surface area contributed by atoms with Crippen LogP contribution in [0.2, 0.25) is 11.8 Å². The Morgan fingerprint density at radius 2 is 1.95 bits per heavy atom. The molecule has 0 radical (unpaired) electrons. The van der Waals surface area contributed by atoms with Gasteiger partial charge >= 0.3 is 0 Å². The average molecular weight is 293 g/mol. The fourth-order valence-electron chi connectivity index (χ4n) is 3.05. The average Bonchev–Trinajstić information content (AvgIpc) is 2.48. The molecule has 1 aliphatic rings. The topological polar surface area (TPSA) is 0 Å². The van der Waals surface area contributed by atoms with Crippen LogP contribution in [0.5, 0.6) is 0 Å². The minimum atomic E-state index is 0.835. The first-order chi connectivity index (χ1) is 10.1. The van der Waals surface area contributed by atoms with E-state index in [-0.39, 0.29) is 0 Å². The van der Waals surface area contributed by atoms with Gasteiger partial charge in [0.15, 0.2) is 7.28 Å². The van der Waals surface area contributed by atoms with Gasteiger partial charge in [0.05, 0.1) is 0 Å². The van der Waals surface area contributed by atoms with Crippen molar-refractivity contribution in [1.82, 2.24) is 0 Å². The van der Waals surface area contributed by atoms with Crippen molar-refractivity contribution in [1.29, 1.82) is 0 Å². The quantitative estimate of drug-likeness (QED) is 0.719. The Morgan fingerprint density at radius 1 is 1.14 bits per heavy atom. The number of halogens is 1. The van der Waals surface area contributed by atoms with Crippen molar-refractivity contribution in [3.63, 3.8) is 0 Å². The number of aryl methyl sites for hydroxylation is 1. The smallest absolute Gasteiger partial charge is 0.0911 e. The standard InChI is InChI=1S/C19H18BCl/c1-12-9-14(11-18-17(12)5-4-6-19(18)21)16-8-7-15(20-3)10-13(16)2/h4-10,20H,1,11H2,2-3H3. The van der Waals surface area contributed by atoms with Crippen LogP contribution in [0.3, 0.4) is 0 Å². The van der Waals surface area contributed by atoms with Gasteiger partial charge in [0.1, 0.15) is 0 Å². The highest BCUT2D eigenvalue weighted by Crippen LogP contribution is 2.37. The monoisotopic (exact) mass is 292 g/mol. The zero-order valence-electron chi connectivity index (χ0n) is 12.5. The van der Waals surface area contributed by atoms with Crippen molar-refractivity contribution in [3.8, 4) is 0 Å². The summed E-state index contributed by atoms with van der Waals surface area (Å²) in [5, 5.41) is 0.835. The minimum absolute atomic E-state index is 0.835. The third-order valence-electron chi connectivity index (χ3n) is 4.23. The molecule has 2 aromatic carbocycles. The van der Waals surface area contributed by atoms with Gasteiger partial charge in [-0.2, -0.15) is 0 Å². The molecule has 0 spiro atoms. The van der Waals surface area contributed by atoms with E-state index in [4.69, 9.17) is 11.6 Å².